The van der Waals surface area contributed by atoms with Gasteiger partial charge < -0.3 is 26.0 Å². The van der Waals surface area contributed by atoms with Crippen LogP contribution in [-0.2, 0) is 20.8 Å². The average Bonchev–Trinajstić information content (AvgIpc) is 3.40. The molecular formula is C30H36N6O4. The lowest BCUT2D eigenvalue weighted by molar-refractivity contribution is -0.141. The van der Waals surface area contributed by atoms with Crippen LogP contribution in [0.2, 0.25) is 0 Å². The number of anilines is 1. The molecule has 5 rings (SSSR count). The molecule has 0 spiro atoms. The molecule has 10 nitrogen and oxygen atoms in total. The minimum Gasteiger partial charge on any atom is -0.383 e. The lowest BCUT2D eigenvalue weighted by Crippen LogP contribution is -2.59. The Morgan fingerprint density at radius 3 is 2.67 bits per heavy atom. The number of para-hydroxylation sites is 1. The van der Waals surface area contributed by atoms with Crippen LogP contribution < -0.4 is 16.0 Å². The van der Waals surface area contributed by atoms with Gasteiger partial charge in [-0.2, -0.15) is 0 Å². The number of likely N-dealkylation sites (tertiary alicyclic amines) is 1. The van der Waals surface area contributed by atoms with Crippen LogP contribution in [0, 0.1) is 0 Å². The molecule has 2 aromatic carbocycles. The summed E-state index contributed by atoms with van der Waals surface area (Å²) in [4.78, 5) is 48.0. The van der Waals surface area contributed by atoms with Crippen LogP contribution in [0.5, 0.6) is 0 Å². The average molecular weight is 545 g/mol. The molecule has 0 radical (unpaired) electrons. The van der Waals surface area contributed by atoms with Gasteiger partial charge >= 0.3 is 0 Å². The molecule has 2 aliphatic rings. The maximum Gasteiger partial charge on any atom is 0.249 e. The van der Waals surface area contributed by atoms with Crippen molar-refractivity contribution in [3.8, 4) is 0 Å². The van der Waals surface area contributed by atoms with E-state index in [1.807, 2.05) is 72.6 Å². The third-order valence-corrected chi connectivity index (χ3v) is 7.74. The second kappa shape index (κ2) is 12.5. The number of aliphatic hydroxyl groups is 1. The molecule has 4 N–H and O–H groups in total. The number of aryl methyl sites for hydroxylation is 1. The van der Waals surface area contributed by atoms with Gasteiger partial charge in [0.1, 0.15) is 18.2 Å². The predicted molar refractivity (Wildman–Crippen MR) is 152 cm³/mol. The topological polar surface area (TPSA) is 127 Å². The third-order valence-electron chi connectivity index (χ3n) is 7.74. The summed E-state index contributed by atoms with van der Waals surface area (Å²) in [5.41, 5.74) is 2.40. The fraction of sp³-hybridized carbons (Fsp3) is 0.400. The number of amides is 3. The van der Waals surface area contributed by atoms with Gasteiger partial charge in [-0.1, -0.05) is 48.5 Å². The van der Waals surface area contributed by atoms with E-state index in [-0.39, 0.29) is 31.2 Å². The summed E-state index contributed by atoms with van der Waals surface area (Å²) < 4.78 is 0. The Labute approximate surface area is 233 Å². The van der Waals surface area contributed by atoms with Crippen molar-refractivity contribution in [2.45, 2.75) is 43.5 Å². The normalized spacial score (nSPS) is 22.1. The summed E-state index contributed by atoms with van der Waals surface area (Å²) in [6.07, 6.45) is 1.51. The van der Waals surface area contributed by atoms with Gasteiger partial charge in [-0.3, -0.25) is 24.3 Å². The number of hydrogen-bond acceptors (Lipinski definition) is 7. The zero-order chi connectivity index (χ0) is 28.1. The van der Waals surface area contributed by atoms with Crippen molar-refractivity contribution in [3.63, 3.8) is 0 Å². The van der Waals surface area contributed by atoms with Crippen molar-refractivity contribution in [2.75, 3.05) is 38.5 Å². The second-order valence-corrected chi connectivity index (χ2v) is 10.6. The molecule has 1 unspecified atom stereocenters. The van der Waals surface area contributed by atoms with Gasteiger partial charge in [0.2, 0.25) is 17.7 Å². The number of aromatic nitrogens is 1. The first-order valence-corrected chi connectivity index (χ1v) is 13.8. The number of nitrogens with zero attached hydrogens (tertiary/aromatic N) is 3. The van der Waals surface area contributed by atoms with E-state index in [1.165, 1.54) is 0 Å². The molecule has 3 aromatic rings. The molecule has 0 saturated carbocycles. The minimum atomic E-state index is -1.19. The Morgan fingerprint density at radius 1 is 1.10 bits per heavy atom. The molecule has 4 atom stereocenters. The summed E-state index contributed by atoms with van der Waals surface area (Å²) in [5.74, 6) is -0.990. The van der Waals surface area contributed by atoms with Crippen molar-refractivity contribution >= 4 is 34.3 Å². The summed E-state index contributed by atoms with van der Waals surface area (Å²) in [6.45, 7) is 2.19. The maximum absolute atomic E-state index is 13.7. The molecule has 1 aromatic heterocycles. The van der Waals surface area contributed by atoms with E-state index in [1.54, 1.807) is 11.1 Å². The van der Waals surface area contributed by atoms with Crippen molar-refractivity contribution in [1.29, 1.82) is 0 Å². The van der Waals surface area contributed by atoms with E-state index in [0.717, 1.165) is 29.6 Å². The number of aliphatic hydroxyl groups excluding tert-OH is 1. The number of piperazine rings is 1. The molecule has 2 fully saturated rings. The standard InChI is InChI=1S/C30H36N6O4/c1-35-14-13-31-18-26(35)30(40)36-19-23(34-29(39)27(37)12-11-20-7-3-2-4-8-20)16-25(36)28(38)33-22-15-21-9-5-6-10-24(21)32-17-22/h2-10,15,17,23,25-27,31,37H,11-14,16,18-19H2,1H3,(H,33,38)(H,34,39)/t23-,25+,26?,27-/m1/s1. The maximum atomic E-state index is 13.7. The Hall–Kier alpha value is -3.86. The number of carbonyl (C=O) groups is 3. The zero-order valence-corrected chi connectivity index (χ0v) is 22.6. The molecule has 0 aliphatic carbocycles. The van der Waals surface area contributed by atoms with Crippen molar-refractivity contribution < 1.29 is 19.5 Å². The molecule has 0 bridgehead atoms. The van der Waals surface area contributed by atoms with Crippen molar-refractivity contribution in [3.05, 3.63) is 72.4 Å². The second-order valence-electron chi connectivity index (χ2n) is 10.6. The molecule has 2 aliphatic heterocycles. The highest BCUT2D eigenvalue weighted by molar-refractivity contribution is 5.99. The largest absolute Gasteiger partial charge is 0.383 e. The summed E-state index contributed by atoms with van der Waals surface area (Å²) in [7, 11) is 1.90. The molecule has 3 heterocycles. The van der Waals surface area contributed by atoms with Crippen LogP contribution >= 0.6 is 0 Å². The molecule has 3 amide bonds. The predicted octanol–water partition coefficient (Wildman–Crippen LogP) is 1.16. The lowest BCUT2D eigenvalue weighted by Gasteiger charge is -2.36. The van der Waals surface area contributed by atoms with Crippen molar-refractivity contribution in [2.24, 2.45) is 0 Å². The Balaban J connectivity index is 1.28. The number of fused-ring (bicyclic) bond motifs is 1. The summed E-state index contributed by atoms with van der Waals surface area (Å²) in [5, 5.41) is 20.5. The molecule has 210 valence electrons. The van der Waals surface area contributed by atoms with Crippen LogP contribution in [0.1, 0.15) is 18.4 Å². The first kappa shape index (κ1) is 27.7. The van der Waals surface area contributed by atoms with E-state index >= 15 is 0 Å². The van der Waals surface area contributed by atoms with Crippen LogP contribution in [-0.4, -0.2) is 95.1 Å². The fourth-order valence-corrected chi connectivity index (χ4v) is 5.45. The summed E-state index contributed by atoms with van der Waals surface area (Å²) in [6, 6.07) is 17.5. The van der Waals surface area contributed by atoms with E-state index in [4.69, 9.17) is 0 Å². The number of rotatable bonds is 8. The summed E-state index contributed by atoms with van der Waals surface area (Å²) >= 11 is 0. The van der Waals surface area contributed by atoms with E-state index in [2.05, 4.69) is 20.9 Å². The number of benzene rings is 2. The van der Waals surface area contributed by atoms with Crippen LogP contribution in [0.25, 0.3) is 10.9 Å². The molecule has 10 heteroatoms. The molecular weight excluding hydrogens is 508 g/mol. The van der Waals surface area contributed by atoms with Gasteiger partial charge in [0.05, 0.1) is 17.4 Å². The van der Waals surface area contributed by atoms with E-state index in [9.17, 15) is 19.5 Å². The SMILES string of the molecule is CN1CCNCC1C(=O)N1C[C@H](NC(=O)[C@H](O)CCc2ccccc2)C[C@H]1C(=O)Nc1cnc2ccccc2c1. The van der Waals surface area contributed by atoms with Crippen molar-refractivity contribution in [1.82, 2.24) is 25.4 Å². The van der Waals surface area contributed by atoms with Gasteiger partial charge in [0.15, 0.2) is 0 Å². The van der Waals surface area contributed by atoms with Gasteiger partial charge in [-0.25, -0.2) is 0 Å². The highest BCUT2D eigenvalue weighted by Gasteiger charge is 2.43. The van der Waals surface area contributed by atoms with Gasteiger partial charge in [0, 0.05) is 37.6 Å². The number of hydrogen-bond donors (Lipinski definition) is 4. The Bertz CT molecular complexity index is 1350. The smallest absolute Gasteiger partial charge is 0.249 e. The molecule has 2 saturated heterocycles. The monoisotopic (exact) mass is 544 g/mol. The first-order chi connectivity index (χ1) is 19.4. The van der Waals surface area contributed by atoms with Gasteiger partial charge in [-0.05, 0) is 44.0 Å². The third kappa shape index (κ3) is 6.47. The van der Waals surface area contributed by atoms with Crippen LogP contribution in [0.3, 0.4) is 0 Å². The first-order valence-electron chi connectivity index (χ1n) is 13.8. The minimum absolute atomic E-state index is 0.159. The van der Waals surface area contributed by atoms with E-state index in [0.29, 0.717) is 18.7 Å². The lowest BCUT2D eigenvalue weighted by atomic mass is 10.1. The fourth-order valence-electron chi connectivity index (χ4n) is 5.45. The highest BCUT2D eigenvalue weighted by atomic mass is 16.3. The van der Waals surface area contributed by atoms with Gasteiger partial charge in [0.25, 0.3) is 0 Å². The van der Waals surface area contributed by atoms with Gasteiger partial charge in [-0.15, -0.1) is 0 Å². The number of nitrogens with one attached hydrogen (secondary N) is 3. The highest BCUT2D eigenvalue weighted by Crippen LogP contribution is 2.24. The van der Waals surface area contributed by atoms with E-state index < -0.39 is 30.1 Å². The number of carbonyl (C=O) groups excluding carboxylic acids is 3. The Morgan fingerprint density at radius 2 is 1.88 bits per heavy atom. The van der Waals surface area contributed by atoms with Crippen LogP contribution in [0.4, 0.5) is 5.69 Å². The number of likely N-dealkylation sites (N-methyl/N-ethyl adjacent to an activating group) is 1. The Kier molecular flexibility index (Phi) is 8.69. The van der Waals surface area contributed by atoms with Crippen LogP contribution in [0.15, 0.2) is 66.9 Å². The number of pyridine rings is 1. The zero-order valence-electron chi connectivity index (χ0n) is 22.6. The molecule has 40 heavy (non-hydrogen) atoms. The quantitative estimate of drug-likeness (QED) is 0.335.